The maximum atomic E-state index is 13.4. The van der Waals surface area contributed by atoms with Crippen LogP contribution >= 0.6 is 23.2 Å². The van der Waals surface area contributed by atoms with Crippen LogP contribution in [0.2, 0.25) is 0 Å². The zero-order chi connectivity index (χ0) is 27.9. The van der Waals surface area contributed by atoms with E-state index in [4.69, 9.17) is 32.7 Å². The van der Waals surface area contributed by atoms with E-state index in [-0.39, 0.29) is 11.8 Å². The van der Waals surface area contributed by atoms with Gasteiger partial charge in [-0.25, -0.2) is 4.79 Å². The van der Waals surface area contributed by atoms with Gasteiger partial charge in [-0.3, -0.25) is 9.79 Å². The molecule has 1 unspecified atom stereocenters. The Balaban J connectivity index is 1.35. The van der Waals surface area contributed by atoms with Crippen LogP contribution in [-0.2, 0) is 27.5 Å². The molecule has 5 rings (SSSR count). The molecule has 4 aromatic rings. The monoisotopic (exact) mass is 572 g/mol. The second-order valence-corrected chi connectivity index (χ2v) is 9.99. The molecule has 6 nitrogen and oxygen atoms in total. The van der Waals surface area contributed by atoms with Crippen molar-refractivity contribution >= 4 is 40.2 Å². The molecule has 1 amide bonds. The summed E-state index contributed by atoms with van der Waals surface area (Å²) in [7, 11) is 0. The third-order valence-corrected chi connectivity index (χ3v) is 7.23. The van der Waals surface area contributed by atoms with Crippen LogP contribution in [0.3, 0.4) is 0 Å². The summed E-state index contributed by atoms with van der Waals surface area (Å²) >= 11 is 13.0. The third-order valence-electron chi connectivity index (χ3n) is 6.47. The van der Waals surface area contributed by atoms with Gasteiger partial charge >= 0.3 is 5.97 Å². The van der Waals surface area contributed by atoms with Gasteiger partial charge in [-0.05, 0) is 28.8 Å². The predicted octanol–water partition coefficient (Wildman–Crippen LogP) is 6.51. The summed E-state index contributed by atoms with van der Waals surface area (Å²) in [6.45, 7) is 0.462. The summed E-state index contributed by atoms with van der Waals surface area (Å²) in [6.07, 6.45) is 0. The molecule has 1 heterocycles. The highest BCUT2D eigenvalue weighted by molar-refractivity contribution is 6.69. The molecule has 3 atom stereocenters. The quantitative estimate of drug-likeness (QED) is 0.0713. The molecule has 1 fully saturated rings. The molecule has 1 aliphatic rings. The number of esters is 1. The number of β-lactam (4-membered cyclic amide) rings is 1. The van der Waals surface area contributed by atoms with Gasteiger partial charge in [-0.15, -0.1) is 0 Å². The first kappa shape index (κ1) is 27.4. The Hall–Kier alpha value is -4.13. The molecule has 4 aromatic carbocycles. The first-order valence-electron chi connectivity index (χ1n) is 12.7. The first-order chi connectivity index (χ1) is 19.5. The van der Waals surface area contributed by atoms with Crippen LogP contribution in [0.5, 0.6) is 5.75 Å². The SMILES string of the molecule is O=C(OCc1ccccc1)C(c1ccc(OCc2ccccc2)cc1)N1C(=O)[C@@H](N=C(Cl)c2ccccc2)[C@@H]1Cl. The maximum Gasteiger partial charge on any atom is 0.333 e. The van der Waals surface area contributed by atoms with Crippen LogP contribution in [0.4, 0.5) is 0 Å². The van der Waals surface area contributed by atoms with Gasteiger partial charge < -0.3 is 14.4 Å². The number of carbonyl (C=O) groups is 2. The number of alkyl halides is 1. The second kappa shape index (κ2) is 12.8. The van der Waals surface area contributed by atoms with E-state index < -0.39 is 29.5 Å². The van der Waals surface area contributed by atoms with Crippen molar-refractivity contribution in [1.82, 2.24) is 4.90 Å². The number of amides is 1. The number of carbonyl (C=O) groups excluding carboxylic acids is 2. The Morgan fingerprint density at radius 1 is 0.800 bits per heavy atom. The summed E-state index contributed by atoms with van der Waals surface area (Å²) < 4.78 is 11.5. The number of halogens is 2. The number of rotatable bonds is 10. The molecular formula is C32H26Cl2N2O4. The summed E-state index contributed by atoms with van der Waals surface area (Å²) in [6, 6.07) is 33.2. The van der Waals surface area contributed by atoms with E-state index in [0.29, 0.717) is 23.5 Å². The van der Waals surface area contributed by atoms with Crippen molar-refractivity contribution in [2.75, 3.05) is 0 Å². The molecule has 0 aliphatic carbocycles. The second-order valence-electron chi connectivity index (χ2n) is 9.19. The van der Waals surface area contributed by atoms with Gasteiger partial charge in [0.15, 0.2) is 12.1 Å². The molecule has 0 radical (unpaired) electrons. The molecule has 0 saturated carbocycles. The lowest BCUT2D eigenvalue weighted by atomic mass is 9.98. The summed E-state index contributed by atoms with van der Waals surface area (Å²) in [5.74, 6) is -0.393. The number of ether oxygens (including phenoxy) is 2. The normalized spacial score (nSPS) is 17.6. The van der Waals surface area contributed by atoms with Gasteiger partial charge in [-0.1, -0.05) is 126 Å². The molecule has 8 heteroatoms. The Morgan fingerprint density at radius 2 is 1.35 bits per heavy atom. The van der Waals surface area contributed by atoms with Crippen molar-refractivity contribution in [2.45, 2.75) is 30.8 Å². The van der Waals surface area contributed by atoms with E-state index in [1.54, 1.807) is 36.4 Å². The number of benzene rings is 4. The lowest BCUT2D eigenvalue weighted by molar-refractivity contribution is -0.164. The van der Waals surface area contributed by atoms with Crippen molar-refractivity contribution in [1.29, 1.82) is 0 Å². The smallest absolute Gasteiger partial charge is 0.333 e. The molecule has 0 spiro atoms. The minimum atomic E-state index is -1.07. The highest BCUT2D eigenvalue weighted by atomic mass is 35.5. The Morgan fingerprint density at radius 3 is 1.93 bits per heavy atom. The van der Waals surface area contributed by atoms with E-state index >= 15 is 0 Å². The first-order valence-corrected chi connectivity index (χ1v) is 13.5. The minimum Gasteiger partial charge on any atom is -0.489 e. The summed E-state index contributed by atoms with van der Waals surface area (Å²) in [5.41, 5.74) is 2.18. The van der Waals surface area contributed by atoms with Crippen LogP contribution in [-0.4, -0.2) is 33.5 Å². The lowest BCUT2D eigenvalue weighted by Crippen LogP contribution is -2.63. The van der Waals surface area contributed by atoms with E-state index in [1.165, 1.54) is 4.90 Å². The number of likely N-dealkylation sites (tertiary alicyclic amines) is 1. The standard InChI is InChI=1S/C32H26Cl2N2O4/c33-29(25-14-8-3-9-15-25)35-27-30(34)36(31(27)37)28(32(38)40-21-23-12-6-2-7-13-23)24-16-18-26(19-17-24)39-20-22-10-4-1-5-11-22/h1-19,27-28,30H,20-21H2/t27-,28?,30+/m0/s1. The summed E-state index contributed by atoms with van der Waals surface area (Å²) in [5, 5.41) is 0.173. The molecule has 0 aromatic heterocycles. The maximum absolute atomic E-state index is 13.4. The average Bonchev–Trinajstić information content (AvgIpc) is 3.01. The zero-order valence-corrected chi connectivity index (χ0v) is 22.9. The number of aliphatic imine (C=N–C) groups is 1. The highest BCUT2D eigenvalue weighted by Crippen LogP contribution is 2.38. The van der Waals surface area contributed by atoms with E-state index in [1.807, 2.05) is 78.9 Å². The molecule has 0 bridgehead atoms. The molecule has 40 heavy (non-hydrogen) atoms. The van der Waals surface area contributed by atoms with Crippen LogP contribution < -0.4 is 4.74 Å². The fraction of sp³-hybridized carbons (Fsp3) is 0.156. The molecule has 0 N–H and O–H groups in total. The van der Waals surface area contributed by atoms with E-state index in [0.717, 1.165) is 11.1 Å². The minimum absolute atomic E-state index is 0.0604. The zero-order valence-electron chi connectivity index (χ0n) is 21.4. The topological polar surface area (TPSA) is 68.2 Å². The van der Waals surface area contributed by atoms with Gasteiger partial charge in [0, 0.05) is 5.56 Å². The van der Waals surface area contributed by atoms with Gasteiger partial charge in [0.2, 0.25) is 0 Å². The van der Waals surface area contributed by atoms with Crippen molar-refractivity contribution in [3.05, 3.63) is 138 Å². The molecular weight excluding hydrogens is 547 g/mol. The van der Waals surface area contributed by atoms with Gasteiger partial charge in [0.05, 0.1) is 0 Å². The van der Waals surface area contributed by atoms with Crippen LogP contribution in [0, 0.1) is 0 Å². The third kappa shape index (κ3) is 6.36. The van der Waals surface area contributed by atoms with Crippen LogP contribution in [0.15, 0.2) is 120 Å². The number of hydrogen-bond donors (Lipinski definition) is 0. The van der Waals surface area contributed by atoms with Crippen molar-refractivity contribution in [3.8, 4) is 5.75 Å². The molecule has 1 aliphatic heterocycles. The Bertz CT molecular complexity index is 1470. The van der Waals surface area contributed by atoms with Crippen molar-refractivity contribution in [3.63, 3.8) is 0 Å². The lowest BCUT2D eigenvalue weighted by Gasteiger charge is -2.45. The van der Waals surface area contributed by atoms with E-state index in [9.17, 15) is 9.59 Å². The molecule has 1 saturated heterocycles. The number of nitrogens with zero attached hydrogens (tertiary/aromatic N) is 2. The van der Waals surface area contributed by atoms with Crippen molar-refractivity contribution in [2.24, 2.45) is 4.99 Å². The fourth-order valence-corrected chi connectivity index (χ4v) is 4.93. The number of hydrogen-bond acceptors (Lipinski definition) is 5. The molecule has 202 valence electrons. The van der Waals surface area contributed by atoms with E-state index in [2.05, 4.69) is 4.99 Å². The van der Waals surface area contributed by atoms with Gasteiger partial charge in [0.25, 0.3) is 5.91 Å². The fourth-order valence-electron chi connectivity index (χ4n) is 4.33. The van der Waals surface area contributed by atoms with Gasteiger partial charge in [-0.2, -0.15) is 0 Å². The summed E-state index contributed by atoms with van der Waals surface area (Å²) in [4.78, 5) is 32.4. The van der Waals surface area contributed by atoms with Gasteiger partial charge in [0.1, 0.15) is 29.6 Å². The Kier molecular flexibility index (Phi) is 8.79. The average molecular weight is 573 g/mol. The Labute approximate surface area is 242 Å². The highest BCUT2D eigenvalue weighted by Gasteiger charge is 2.52. The van der Waals surface area contributed by atoms with Crippen LogP contribution in [0.1, 0.15) is 28.3 Å². The largest absolute Gasteiger partial charge is 0.489 e. The van der Waals surface area contributed by atoms with Crippen molar-refractivity contribution < 1.29 is 19.1 Å². The predicted molar refractivity (Wildman–Crippen MR) is 155 cm³/mol. The van der Waals surface area contributed by atoms with Crippen LogP contribution in [0.25, 0.3) is 0 Å².